The van der Waals surface area contributed by atoms with Gasteiger partial charge in [0.05, 0.1) is 37.4 Å². The van der Waals surface area contributed by atoms with E-state index in [-0.39, 0.29) is 5.75 Å². The molecule has 0 aliphatic carbocycles. The molecule has 0 bridgehead atoms. The number of benzene rings is 4. The van der Waals surface area contributed by atoms with E-state index >= 15 is 0 Å². The van der Waals surface area contributed by atoms with E-state index in [1.807, 2.05) is 137 Å². The number of nitrogen functional groups attached to an aromatic ring is 5. The summed E-state index contributed by atoms with van der Waals surface area (Å²) < 4.78 is 1.89. The van der Waals surface area contributed by atoms with Crippen molar-refractivity contribution in [2.24, 2.45) is 35.0 Å². The number of imidazole rings is 1. The number of allylic oxidation sites excluding steroid dienone is 1. The van der Waals surface area contributed by atoms with Crippen LogP contribution in [-0.2, 0) is 7.05 Å². The van der Waals surface area contributed by atoms with Crippen LogP contribution in [0.25, 0.3) is 0 Å². The van der Waals surface area contributed by atoms with Crippen LogP contribution in [-0.4, -0.2) is 101 Å². The summed E-state index contributed by atoms with van der Waals surface area (Å²) in [6.45, 7) is 15.1. The molecule has 7 aromatic rings. The van der Waals surface area contributed by atoms with Crippen LogP contribution in [0.4, 0.5) is 28.7 Å². The average molecular weight is 1110 g/mol. The monoisotopic (exact) mass is 1110 g/mol. The Hall–Kier alpha value is -7.60. The number of aliphatic hydroxyl groups is 3. The molecule has 438 valence electrons. The number of phenolic OH excluding ortho intramolecular Hbond substituents is 2. The lowest BCUT2D eigenvalue weighted by Gasteiger charge is -2.20. The minimum Gasteiger partial charge on any atom is -0.508 e. The summed E-state index contributed by atoms with van der Waals surface area (Å²) in [6, 6.07) is 33.0. The highest BCUT2D eigenvalue weighted by Gasteiger charge is 2.20. The van der Waals surface area contributed by atoms with E-state index in [0.717, 1.165) is 83.8 Å². The van der Waals surface area contributed by atoms with Crippen LogP contribution < -0.4 is 51.6 Å². The van der Waals surface area contributed by atoms with Crippen molar-refractivity contribution in [2.45, 2.75) is 84.6 Å². The summed E-state index contributed by atoms with van der Waals surface area (Å²) >= 11 is 4.07. The van der Waals surface area contributed by atoms with Crippen molar-refractivity contribution >= 4 is 47.5 Å². The van der Waals surface area contributed by atoms with E-state index in [1.54, 1.807) is 61.4 Å². The number of aliphatic imine (C=N–C) groups is 1. The third kappa shape index (κ3) is 48.5. The summed E-state index contributed by atoms with van der Waals surface area (Å²) in [6.07, 6.45) is 20.2. The Morgan fingerprint density at radius 1 is 0.557 bits per heavy atom. The van der Waals surface area contributed by atoms with Crippen molar-refractivity contribution in [3.63, 3.8) is 0 Å². The highest BCUT2D eigenvalue weighted by molar-refractivity contribution is 7.80. The van der Waals surface area contributed by atoms with Gasteiger partial charge in [-0.25, -0.2) is 19.9 Å². The van der Waals surface area contributed by atoms with Crippen molar-refractivity contribution in [3.05, 3.63) is 181 Å². The van der Waals surface area contributed by atoms with Gasteiger partial charge in [0.25, 0.3) is 0 Å². The molecule has 8 rings (SSSR count). The Balaban J connectivity index is -0.000000392. The smallest absolute Gasteiger partial charge is 0.138 e. The lowest BCUT2D eigenvalue weighted by Crippen LogP contribution is -2.50. The van der Waals surface area contributed by atoms with Crippen molar-refractivity contribution in [1.82, 2.24) is 24.5 Å². The normalized spacial score (nSPS) is 9.67. The molecule has 1 aliphatic heterocycles. The van der Waals surface area contributed by atoms with E-state index in [4.69, 9.17) is 77.1 Å². The summed E-state index contributed by atoms with van der Waals surface area (Å²) in [5, 5.41) is 42.7. The third-order valence-corrected chi connectivity index (χ3v) is 9.56. The number of aryl methyl sites for hydroxylation is 5. The first-order chi connectivity index (χ1) is 37.6. The van der Waals surface area contributed by atoms with Crippen LogP contribution in [0.15, 0.2) is 169 Å². The molecule has 0 saturated carbocycles. The number of hydrogen-bond acceptors (Lipinski definition) is 20. The van der Waals surface area contributed by atoms with Crippen LogP contribution in [0.5, 0.6) is 11.5 Å². The fourth-order valence-corrected chi connectivity index (χ4v) is 3.97. The second-order valence-electron chi connectivity index (χ2n) is 16.4. The molecule has 1 aliphatic rings. The molecule has 0 atom stereocenters. The molecule has 0 unspecified atom stereocenters. The number of phenols is 2. The quantitative estimate of drug-likeness (QED) is 0.0442. The number of rotatable bonds is 6. The van der Waals surface area contributed by atoms with E-state index in [2.05, 4.69) is 58.3 Å². The van der Waals surface area contributed by atoms with Gasteiger partial charge in [-0.2, -0.15) is 0 Å². The van der Waals surface area contributed by atoms with Crippen LogP contribution in [0.1, 0.15) is 68.7 Å². The van der Waals surface area contributed by atoms with Gasteiger partial charge in [-0.1, -0.05) is 93.6 Å². The molecule has 0 fully saturated rings. The van der Waals surface area contributed by atoms with Crippen molar-refractivity contribution < 1.29 is 25.5 Å². The molecule has 3 aromatic heterocycles. The summed E-state index contributed by atoms with van der Waals surface area (Å²) in [4.78, 5) is 19.8. The zero-order valence-corrected chi connectivity index (χ0v) is 48.6. The van der Waals surface area contributed by atoms with Crippen LogP contribution in [0.2, 0.25) is 0 Å². The predicted molar refractivity (Wildman–Crippen MR) is 335 cm³/mol. The second-order valence-corrected chi connectivity index (χ2v) is 16.9. The number of hydrogen-bond donors (Lipinski definition) is 15. The Labute approximate surface area is 476 Å². The molecule has 0 amide bonds. The average Bonchev–Trinajstić information content (AvgIpc) is 4.23. The van der Waals surface area contributed by atoms with E-state index in [0.29, 0.717) is 23.1 Å². The summed E-state index contributed by atoms with van der Waals surface area (Å²) in [5.41, 5.74) is 52.1. The maximum absolute atomic E-state index is 8.92. The number of aromatic nitrogens is 5. The fraction of sp³-hybridized carbons (Fsp3) is 0.328. The number of pyridine rings is 1. The molecular formula is C58H95N15O5S. The maximum Gasteiger partial charge on any atom is 0.138 e. The van der Waals surface area contributed by atoms with Gasteiger partial charge in [-0.05, 0) is 126 Å². The zero-order valence-electron chi connectivity index (χ0n) is 47.7. The van der Waals surface area contributed by atoms with Gasteiger partial charge in [0, 0.05) is 72.5 Å². The Kier molecular flexibility index (Phi) is 53.0. The highest BCUT2D eigenvalue weighted by Crippen LogP contribution is 2.16. The number of aromatic hydroxyl groups is 2. The van der Waals surface area contributed by atoms with Gasteiger partial charge in [0.1, 0.15) is 29.5 Å². The van der Waals surface area contributed by atoms with Crippen molar-refractivity contribution in [2.75, 3.05) is 68.1 Å². The summed E-state index contributed by atoms with van der Waals surface area (Å²) in [5.74, 6) is 1.69. The standard InChI is InChI=1S/C7H9N.C7H8O.C6H8N2.C6H7NO.C6H7NS.C5H7N3.C4H6N2.C4H11NO3.C4H5N.3C3H9N/c2*1-6-4-2-3-5-7(6)8;1-5-3-2-4-8-6(5)7;2*7-5-3-1-2-4-6(5)8;1-4-2-7-3-8-5(4)6;1-6-3-2-5-4-6;5-4(1-6,2-7)3-8;1-2-4-5-3-1;3*1-2-3-4/h2-5H,8H2,1H3;2-5,8H,1H3;2-4H,1H3,(H2,7,8);2*1-4,8H,7H2;2-3H,1H3,(H2,6,7,8);2-4H,1H3;6-8H,1-3,5H2;1,3-4H,2H2;3*2-4H2,1H3. The van der Waals surface area contributed by atoms with Crippen LogP contribution >= 0.6 is 12.6 Å². The number of para-hydroxylation sites is 5. The SMILES string of the molecule is C1=CN=CC1.CCCN.CCCN.CCCN.Cc1ccccc1N.Cc1ccccc1O.Cc1cccnc1N.Cc1cncnc1N.Cn1ccnc1.NC(CO)(CO)CO.Nc1ccccc1O.Nc1ccccc1S. The molecule has 23 N–H and O–H groups in total. The van der Waals surface area contributed by atoms with E-state index in [1.165, 1.54) is 6.33 Å². The Morgan fingerprint density at radius 3 is 1.22 bits per heavy atom. The number of thiol groups is 1. The first kappa shape index (κ1) is 77.9. The molecule has 4 heterocycles. The van der Waals surface area contributed by atoms with Gasteiger partial charge in [0.15, 0.2) is 0 Å². The Bertz CT molecular complexity index is 2020. The van der Waals surface area contributed by atoms with Crippen molar-refractivity contribution in [1.29, 1.82) is 0 Å². The predicted octanol–water partition coefficient (Wildman–Crippen LogP) is 7.27. The lowest BCUT2D eigenvalue weighted by molar-refractivity contribution is 0.0697. The van der Waals surface area contributed by atoms with Gasteiger partial charge < -0.3 is 81.7 Å². The molecular weight excluding hydrogens is 1020 g/mol. The topological polar surface area (TPSA) is 404 Å². The number of nitrogens with zero attached hydrogens (tertiary/aromatic N) is 6. The largest absolute Gasteiger partial charge is 0.508 e. The maximum atomic E-state index is 8.92. The molecule has 0 saturated heterocycles. The van der Waals surface area contributed by atoms with Gasteiger partial charge in [0.2, 0.25) is 0 Å². The number of aliphatic hydroxyl groups excluding tert-OH is 3. The zero-order chi connectivity index (χ0) is 60.7. The van der Waals surface area contributed by atoms with Crippen molar-refractivity contribution in [3.8, 4) is 11.5 Å². The highest BCUT2D eigenvalue weighted by atomic mass is 32.1. The third-order valence-electron chi connectivity index (χ3n) is 9.15. The molecule has 21 heteroatoms. The van der Waals surface area contributed by atoms with E-state index < -0.39 is 25.4 Å². The second kappa shape index (κ2) is 53.8. The van der Waals surface area contributed by atoms with Crippen LogP contribution in [0.3, 0.4) is 0 Å². The molecule has 0 spiro atoms. The van der Waals surface area contributed by atoms with E-state index in [9.17, 15) is 0 Å². The molecule has 0 radical (unpaired) electrons. The van der Waals surface area contributed by atoms with Gasteiger partial charge in [-0.15, -0.1) is 12.6 Å². The molecule has 79 heavy (non-hydrogen) atoms. The summed E-state index contributed by atoms with van der Waals surface area (Å²) in [7, 11) is 1.94. The minimum atomic E-state index is -1.21. The number of anilines is 5. The number of nitrogens with two attached hydrogens (primary N) is 9. The first-order valence-corrected chi connectivity index (χ1v) is 25.7. The molecule has 20 nitrogen and oxygen atoms in total. The Morgan fingerprint density at radius 2 is 1.01 bits per heavy atom. The fourth-order valence-electron chi connectivity index (χ4n) is 3.81. The lowest BCUT2D eigenvalue weighted by atomic mass is 10.1. The van der Waals surface area contributed by atoms with Crippen LogP contribution in [0, 0.1) is 27.7 Å². The van der Waals surface area contributed by atoms with Gasteiger partial charge in [-0.3, -0.25) is 4.99 Å². The molecule has 4 aromatic carbocycles. The minimum absolute atomic E-state index is 0.146. The first-order valence-electron chi connectivity index (χ1n) is 25.3. The van der Waals surface area contributed by atoms with Gasteiger partial charge >= 0.3 is 0 Å².